The molecule has 0 radical (unpaired) electrons. The maximum atomic E-state index is 2.69. The van der Waals surface area contributed by atoms with Gasteiger partial charge in [0, 0.05) is 0 Å². The van der Waals surface area contributed by atoms with Gasteiger partial charge in [-0.15, -0.1) is 0 Å². The van der Waals surface area contributed by atoms with Gasteiger partial charge in [-0.3, -0.25) is 0 Å². The zero-order valence-electron chi connectivity index (χ0n) is 16.9. The first-order valence-corrected chi connectivity index (χ1v) is 11.0. The Hall–Kier alpha value is -0.260. The highest BCUT2D eigenvalue weighted by atomic mass is 14.6. The summed E-state index contributed by atoms with van der Waals surface area (Å²) in [5.41, 5.74) is 1.24. The minimum absolute atomic E-state index is 0.599. The fraction of sp³-hybridized carbons (Fsp3) is 0.917. The van der Waals surface area contributed by atoms with E-state index in [4.69, 9.17) is 0 Å². The standard InChI is InChI=1S/C24H40/c1-16(2)20-9-10-21-19-8-6-7-18-15-17(3)11-13-23(18,4)22(19)12-14-24(20,21)5/h6-7,16-22H,8-15H2,1-5H3/t17?,18?,19?,20?,21?,22?,23?,24-/m1/s1. The molecule has 136 valence electrons. The average Bonchev–Trinajstić information content (AvgIpc) is 2.81. The maximum Gasteiger partial charge on any atom is -0.0174 e. The van der Waals surface area contributed by atoms with Gasteiger partial charge in [-0.05, 0) is 97.2 Å². The van der Waals surface area contributed by atoms with Crippen LogP contribution in [-0.2, 0) is 0 Å². The normalized spacial score (nSPS) is 54.1. The Morgan fingerprint density at radius 2 is 1.62 bits per heavy atom. The van der Waals surface area contributed by atoms with Crippen molar-refractivity contribution in [3.05, 3.63) is 12.2 Å². The van der Waals surface area contributed by atoms with Crippen LogP contribution in [0.15, 0.2) is 12.2 Å². The van der Waals surface area contributed by atoms with Gasteiger partial charge in [0.15, 0.2) is 0 Å². The highest BCUT2D eigenvalue weighted by Crippen LogP contribution is 2.66. The van der Waals surface area contributed by atoms with Crippen molar-refractivity contribution < 1.29 is 0 Å². The third kappa shape index (κ3) is 2.38. The molecular weight excluding hydrogens is 288 g/mol. The Kier molecular flexibility index (Phi) is 4.21. The third-order valence-corrected chi connectivity index (χ3v) is 9.62. The first-order valence-electron chi connectivity index (χ1n) is 11.0. The van der Waals surface area contributed by atoms with Crippen molar-refractivity contribution >= 4 is 0 Å². The molecule has 4 aliphatic carbocycles. The molecule has 4 rings (SSSR count). The van der Waals surface area contributed by atoms with Gasteiger partial charge in [-0.25, -0.2) is 0 Å². The summed E-state index contributed by atoms with van der Waals surface area (Å²) in [7, 11) is 0. The molecule has 0 heteroatoms. The Balaban J connectivity index is 1.65. The quantitative estimate of drug-likeness (QED) is 0.450. The smallest absolute Gasteiger partial charge is 0.0174 e. The van der Waals surface area contributed by atoms with Crippen molar-refractivity contribution in [3.8, 4) is 0 Å². The van der Waals surface area contributed by atoms with E-state index < -0.39 is 0 Å². The van der Waals surface area contributed by atoms with Crippen LogP contribution < -0.4 is 0 Å². The molecule has 0 spiro atoms. The maximum absolute atomic E-state index is 2.69. The number of hydrogen-bond acceptors (Lipinski definition) is 0. The summed E-state index contributed by atoms with van der Waals surface area (Å²) in [4.78, 5) is 0. The number of hydrogen-bond donors (Lipinski definition) is 0. The third-order valence-electron chi connectivity index (χ3n) is 9.62. The van der Waals surface area contributed by atoms with Gasteiger partial charge in [0.25, 0.3) is 0 Å². The SMILES string of the molecule is CC1CCC2(C)C(C=CCC3C2CC[C@]2(C)C(C(C)C)CCC32)C1. The highest BCUT2D eigenvalue weighted by Gasteiger charge is 2.58. The van der Waals surface area contributed by atoms with Crippen LogP contribution >= 0.6 is 0 Å². The second kappa shape index (κ2) is 5.88. The second-order valence-corrected chi connectivity index (χ2v) is 11.0. The van der Waals surface area contributed by atoms with Gasteiger partial charge in [0.1, 0.15) is 0 Å². The molecule has 3 saturated carbocycles. The molecule has 24 heavy (non-hydrogen) atoms. The predicted molar refractivity (Wildman–Crippen MR) is 104 cm³/mol. The van der Waals surface area contributed by atoms with Gasteiger partial charge in [-0.2, -0.15) is 0 Å². The summed E-state index contributed by atoms with van der Waals surface area (Å²) in [6, 6.07) is 0. The second-order valence-electron chi connectivity index (χ2n) is 11.0. The lowest BCUT2D eigenvalue weighted by atomic mass is 9.48. The first-order chi connectivity index (χ1) is 11.4. The van der Waals surface area contributed by atoms with Crippen molar-refractivity contribution in [2.45, 2.75) is 86.0 Å². The van der Waals surface area contributed by atoms with Crippen LogP contribution in [0.5, 0.6) is 0 Å². The molecule has 0 aliphatic heterocycles. The molecule has 8 atom stereocenters. The minimum atomic E-state index is 0.599. The molecule has 0 aromatic rings. The first kappa shape index (κ1) is 17.2. The van der Waals surface area contributed by atoms with Crippen LogP contribution in [-0.4, -0.2) is 0 Å². The van der Waals surface area contributed by atoms with Crippen LogP contribution in [0.4, 0.5) is 0 Å². The molecule has 0 heterocycles. The van der Waals surface area contributed by atoms with Crippen LogP contribution in [0.3, 0.4) is 0 Å². The van der Waals surface area contributed by atoms with E-state index in [9.17, 15) is 0 Å². The van der Waals surface area contributed by atoms with E-state index in [2.05, 4.69) is 46.8 Å². The van der Waals surface area contributed by atoms with Crippen molar-refractivity contribution in [3.63, 3.8) is 0 Å². The Morgan fingerprint density at radius 3 is 2.38 bits per heavy atom. The van der Waals surface area contributed by atoms with Gasteiger partial charge in [-0.1, -0.05) is 53.2 Å². The molecule has 0 amide bonds. The molecule has 7 unspecified atom stereocenters. The Bertz CT molecular complexity index is 502. The van der Waals surface area contributed by atoms with E-state index in [-0.39, 0.29) is 0 Å². The molecule has 0 aromatic heterocycles. The topological polar surface area (TPSA) is 0 Å². The van der Waals surface area contributed by atoms with Crippen LogP contribution in [0, 0.1) is 52.3 Å². The Labute approximate surface area is 150 Å². The van der Waals surface area contributed by atoms with E-state index in [0.717, 1.165) is 41.4 Å². The van der Waals surface area contributed by atoms with Crippen LogP contribution in [0.1, 0.15) is 86.0 Å². The number of fused-ring (bicyclic) bond motifs is 5. The summed E-state index contributed by atoms with van der Waals surface area (Å²) >= 11 is 0. The van der Waals surface area contributed by atoms with Crippen LogP contribution in [0.2, 0.25) is 0 Å². The van der Waals surface area contributed by atoms with Gasteiger partial charge in [0.05, 0.1) is 0 Å². The fourth-order valence-corrected chi connectivity index (χ4v) is 8.29. The molecule has 0 saturated heterocycles. The summed E-state index contributed by atoms with van der Waals surface area (Å²) in [5, 5.41) is 0. The van der Waals surface area contributed by atoms with E-state index >= 15 is 0 Å². The van der Waals surface area contributed by atoms with Crippen molar-refractivity contribution in [2.75, 3.05) is 0 Å². The summed E-state index contributed by atoms with van der Waals surface area (Å²) in [5.74, 6) is 6.63. The molecule has 0 bridgehead atoms. The van der Waals surface area contributed by atoms with Crippen molar-refractivity contribution in [2.24, 2.45) is 52.3 Å². The van der Waals surface area contributed by atoms with E-state index in [1.54, 1.807) is 0 Å². The minimum Gasteiger partial charge on any atom is -0.0879 e. The average molecular weight is 329 g/mol. The predicted octanol–water partition coefficient (Wildman–Crippen LogP) is 7.10. The highest BCUT2D eigenvalue weighted by molar-refractivity contribution is 5.13. The van der Waals surface area contributed by atoms with Crippen molar-refractivity contribution in [1.82, 2.24) is 0 Å². The molecular formula is C24H40. The van der Waals surface area contributed by atoms with Crippen molar-refractivity contribution in [1.29, 1.82) is 0 Å². The largest absolute Gasteiger partial charge is 0.0879 e. The lowest BCUT2D eigenvalue weighted by Gasteiger charge is -2.56. The lowest BCUT2D eigenvalue weighted by molar-refractivity contribution is -0.0715. The monoisotopic (exact) mass is 328 g/mol. The molecule has 0 N–H and O–H groups in total. The van der Waals surface area contributed by atoms with E-state index in [1.807, 2.05) is 0 Å². The molecule has 4 aliphatic rings. The van der Waals surface area contributed by atoms with Gasteiger partial charge < -0.3 is 0 Å². The fourth-order valence-electron chi connectivity index (χ4n) is 8.29. The Morgan fingerprint density at radius 1 is 0.917 bits per heavy atom. The van der Waals surface area contributed by atoms with Gasteiger partial charge >= 0.3 is 0 Å². The van der Waals surface area contributed by atoms with E-state index in [1.165, 1.54) is 51.4 Å². The summed E-state index contributed by atoms with van der Waals surface area (Å²) in [6.07, 6.45) is 17.1. The summed E-state index contributed by atoms with van der Waals surface area (Å²) < 4.78 is 0. The lowest BCUT2D eigenvalue weighted by Crippen LogP contribution is -2.49. The van der Waals surface area contributed by atoms with Gasteiger partial charge in [0.2, 0.25) is 0 Å². The number of allylic oxidation sites excluding steroid dienone is 2. The molecule has 3 fully saturated rings. The number of rotatable bonds is 1. The summed E-state index contributed by atoms with van der Waals surface area (Å²) in [6.45, 7) is 12.8. The zero-order chi connectivity index (χ0) is 17.1. The van der Waals surface area contributed by atoms with E-state index in [0.29, 0.717) is 10.8 Å². The zero-order valence-corrected chi connectivity index (χ0v) is 16.9. The molecule has 0 nitrogen and oxygen atoms in total. The van der Waals surface area contributed by atoms with Crippen LogP contribution in [0.25, 0.3) is 0 Å². The molecule has 0 aromatic carbocycles.